The van der Waals surface area contributed by atoms with E-state index in [1.165, 1.54) is 25.4 Å². The van der Waals surface area contributed by atoms with Gasteiger partial charge in [-0.3, -0.25) is 9.13 Å². The summed E-state index contributed by atoms with van der Waals surface area (Å²) in [6.45, 7) is 16.2. The highest BCUT2D eigenvalue weighted by Crippen LogP contribution is 2.80. The average Bonchev–Trinajstić information content (AvgIpc) is 2.78. The molecule has 0 unspecified atom stereocenters. The Labute approximate surface area is 215 Å². The Morgan fingerprint density at radius 3 is 1.31 bits per heavy atom. The first-order valence-electron chi connectivity index (χ1n) is 12.6. The molecule has 0 aliphatic rings. The molecule has 204 valence electrons. The van der Waals surface area contributed by atoms with Crippen LogP contribution in [0.3, 0.4) is 0 Å². The van der Waals surface area contributed by atoms with Crippen molar-refractivity contribution in [3.05, 3.63) is 46.6 Å². The van der Waals surface area contributed by atoms with E-state index in [-0.39, 0.29) is 26.1 Å². The molecule has 0 atom stereocenters. The van der Waals surface area contributed by atoms with Gasteiger partial charge in [-0.25, -0.2) is 0 Å². The van der Waals surface area contributed by atoms with Crippen LogP contribution in [0.5, 0.6) is 0 Å². The normalized spacial score (nSPS) is 13.7. The lowest BCUT2D eigenvalue weighted by atomic mass is 10.1. The van der Waals surface area contributed by atoms with Crippen molar-refractivity contribution in [1.29, 1.82) is 0 Å². The standard InChI is InChI=1S/C27H50O6P2/c1-11-32-35(29,33-12-2)27(34(28,30-9)31-10,21-19-25(7)17-13-15-23(3)4)22-20-26(8)18-14-16-24(5)6/h15-16,19-20H,11-14,17-18,21-22H2,1-10H3/b25-19+,26-20+. The second-order valence-electron chi connectivity index (χ2n) is 9.33. The molecule has 0 radical (unpaired) electrons. The maximum absolute atomic E-state index is 14.4. The van der Waals surface area contributed by atoms with Gasteiger partial charge < -0.3 is 18.1 Å². The van der Waals surface area contributed by atoms with E-state index in [2.05, 4.69) is 39.8 Å². The zero-order valence-corrected chi connectivity index (χ0v) is 25.6. The summed E-state index contributed by atoms with van der Waals surface area (Å²) in [5, 5.41) is 0. The minimum Gasteiger partial charge on any atom is -0.311 e. The van der Waals surface area contributed by atoms with Crippen LogP contribution in [0.25, 0.3) is 0 Å². The van der Waals surface area contributed by atoms with Gasteiger partial charge in [0.15, 0.2) is 4.90 Å². The van der Waals surface area contributed by atoms with Crippen molar-refractivity contribution in [3.8, 4) is 0 Å². The van der Waals surface area contributed by atoms with Crippen molar-refractivity contribution in [2.45, 2.75) is 98.8 Å². The molecule has 0 aliphatic carbocycles. The van der Waals surface area contributed by atoms with Gasteiger partial charge in [0, 0.05) is 14.2 Å². The van der Waals surface area contributed by atoms with Gasteiger partial charge in [0.2, 0.25) is 0 Å². The predicted molar refractivity (Wildman–Crippen MR) is 149 cm³/mol. The van der Waals surface area contributed by atoms with Crippen molar-refractivity contribution >= 4 is 15.2 Å². The molecule has 0 heterocycles. The highest BCUT2D eigenvalue weighted by atomic mass is 31.2. The SMILES string of the molecule is CCOP(=O)(OCC)C(C/C=C(\C)CCC=C(C)C)(C/C=C(\C)CCC=C(C)C)P(=O)(OC)OC. The Bertz CT molecular complexity index is 788. The lowest BCUT2D eigenvalue weighted by Gasteiger charge is -2.41. The quantitative estimate of drug-likeness (QED) is 0.129. The van der Waals surface area contributed by atoms with Crippen LogP contribution in [0.4, 0.5) is 0 Å². The lowest BCUT2D eigenvalue weighted by Crippen LogP contribution is -2.32. The Morgan fingerprint density at radius 2 is 1.03 bits per heavy atom. The van der Waals surface area contributed by atoms with Crippen molar-refractivity contribution < 1.29 is 27.2 Å². The lowest BCUT2D eigenvalue weighted by molar-refractivity contribution is 0.192. The molecule has 0 N–H and O–H groups in total. The molecule has 0 aliphatic heterocycles. The first-order chi connectivity index (χ1) is 16.4. The fraction of sp³-hybridized carbons (Fsp3) is 0.704. The molecule has 8 heteroatoms. The molecule has 0 saturated carbocycles. The average molecular weight is 533 g/mol. The summed E-state index contributed by atoms with van der Waals surface area (Å²) in [5.74, 6) is 0. The molecule has 0 amide bonds. The maximum Gasteiger partial charge on any atom is 0.349 e. The molecule has 0 spiro atoms. The van der Waals surface area contributed by atoms with Gasteiger partial charge in [-0.15, -0.1) is 0 Å². The minimum atomic E-state index is -3.94. The van der Waals surface area contributed by atoms with Crippen molar-refractivity contribution in [2.24, 2.45) is 0 Å². The van der Waals surface area contributed by atoms with Crippen LogP contribution < -0.4 is 0 Å². The van der Waals surface area contributed by atoms with Gasteiger partial charge in [-0.05, 0) is 93.9 Å². The van der Waals surface area contributed by atoms with Crippen molar-refractivity contribution in [3.63, 3.8) is 0 Å². The summed E-state index contributed by atoms with van der Waals surface area (Å²) in [6.07, 6.45) is 12.2. The summed E-state index contributed by atoms with van der Waals surface area (Å²) < 4.78 is 51.1. The molecule has 0 rings (SSSR count). The van der Waals surface area contributed by atoms with E-state index < -0.39 is 20.1 Å². The topological polar surface area (TPSA) is 71.1 Å². The van der Waals surface area contributed by atoms with Crippen LogP contribution in [-0.4, -0.2) is 32.3 Å². The number of allylic oxidation sites excluding steroid dienone is 8. The van der Waals surface area contributed by atoms with Crippen molar-refractivity contribution in [1.82, 2.24) is 0 Å². The smallest absolute Gasteiger partial charge is 0.311 e. The van der Waals surface area contributed by atoms with Gasteiger partial charge >= 0.3 is 15.2 Å². The Morgan fingerprint density at radius 1 is 0.657 bits per heavy atom. The summed E-state index contributed by atoms with van der Waals surface area (Å²) >= 11 is 0. The number of hydrogen-bond acceptors (Lipinski definition) is 6. The summed E-state index contributed by atoms with van der Waals surface area (Å²) in [4.78, 5) is -1.51. The Balaban J connectivity index is 6.64. The molecule has 0 bridgehead atoms. The van der Waals surface area contributed by atoms with Crippen LogP contribution in [0.1, 0.15) is 93.9 Å². The van der Waals surface area contributed by atoms with Gasteiger partial charge in [-0.2, -0.15) is 0 Å². The number of rotatable bonds is 18. The van der Waals surface area contributed by atoms with E-state index in [0.29, 0.717) is 0 Å². The molecule has 0 saturated heterocycles. The Kier molecular flexibility index (Phi) is 16.5. The van der Waals surface area contributed by atoms with E-state index in [4.69, 9.17) is 18.1 Å². The molecule has 35 heavy (non-hydrogen) atoms. The highest BCUT2D eigenvalue weighted by Gasteiger charge is 2.63. The van der Waals surface area contributed by atoms with E-state index >= 15 is 0 Å². The summed E-state index contributed by atoms with van der Waals surface area (Å²) in [5.41, 5.74) is 4.74. The largest absolute Gasteiger partial charge is 0.349 e. The third-order valence-corrected chi connectivity index (χ3v) is 12.2. The van der Waals surface area contributed by atoms with Crippen molar-refractivity contribution in [2.75, 3.05) is 27.4 Å². The fourth-order valence-corrected chi connectivity index (χ4v) is 9.13. The molecule has 0 aromatic heterocycles. The van der Waals surface area contributed by atoms with Crippen LogP contribution in [0.2, 0.25) is 0 Å². The molecule has 0 fully saturated rings. The fourth-order valence-electron chi connectivity index (χ4n) is 3.77. The second-order valence-corrected chi connectivity index (χ2v) is 14.6. The molecule has 0 aromatic rings. The van der Waals surface area contributed by atoms with Gasteiger partial charge in [0.05, 0.1) is 13.2 Å². The van der Waals surface area contributed by atoms with Crippen LogP contribution >= 0.6 is 15.2 Å². The zero-order chi connectivity index (χ0) is 27.1. The third-order valence-electron chi connectivity index (χ3n) is 5.84. The molecule has 6 nitrogen and oxygen atoms in total. The van der Waals surface area contributed by atoms with Gasteiger partial charge in [-0.1, -0.05) is 46.6 Å². The van der Waals surface area contributed by atoms with Crippen LogP contribution in [-0.2, 0) is 27.2 Å². The second kappa shape index (κ2) is 16.9. The first kappa shape index (κ1) is 34.3. The summed E-state index contributed by atoms with van der Waals surface area (Å²) in [7, 11) is -5.20. The number of hydrogen-bond donors (Lipinski definition) is 0. The summed E-state index contributed by atoms with van der Waals surface area (Å²) in [6, 6.07) is 0. The Hall–Kier alpha value is -0.740. The predicted octanol–water partition coefficient (Wildman–Crippen LogP) is 9.60. The minimum absolute atomic E-state index is 0.152. The third kappa shape index (κ3) is 10.6. The van der Waals surface area contributed by atoms with E-state index in [1.54, 1.807) is 13.8 Å². The van der Waals surface area contributed by atoms with Crippen LogP contribution in [0.15, 0.2) is 46.6 Å². The van der Waals surface area contributed by atoms with Gasteiger partial charge in [0.1, 0.15) is 0 Å². The maximum atomic E-state index is 14.4. The first-order valence-corrected chi connectivity index (χ1v) is 15.6. The van der Waals surface area contributed by atoms with E-state index in [0.717, 1.165) is 36.8 Å². The molecular formula is C27H50O6P2. The van der Waals surface area contributed by atoms with E-state index in [1.807, 2.05) is 26.0 Å². The van der Waals surface area contributed by atoms with Gasteiger partial charge in [0.25, 0.3) is 0 Å². The van der Waals surface area contributed by atoms with E-state index in [9.17, 15) is 9.13 Å². The monoisotopic (exact) mass is 532 g/mol. The molecular weight excluding hydrogens is 482 g/mol. The molecule has 0 aromatic carbocycles. The van der Waals surface area contributed by atoms with Crippen LogP contribution in [0, 0.1) is 0 Å². The zero-order valence-electron chi connectivity index (χ0n) is 23.8. The highest BCUT2D eigenvalue weighted by molar-refractivity contribution is 7.74.